The minimum atomic E-state index is -3.49. The van der Waals surface area contributed by atoms with Crippen LogP contribution in [-0.4, -0.2) is 49.6 Å². The minimum absolute atomic E-state index is 0.0569. The largest absolute Gasteiger partial charge is 0.495 e. The maximum absolute atomic E-state index is 14.7. The highest BCUT2D eigenvalue weighted by Gasteiger charge is 2.48. The van der Waals surface area contributed by atoms with E-state index in [2.05, 4.69) is 5.32 Å². The average Bonchev–Trinajstić information content (AvgIpc) is 3.29. The normalized spacial score (nSPS) is 18.3. The predicted octanol–water partition coefficient (Wildman–Crippen LogP) is 4.50. The van der Waals surface area contributed by atoms with Gasteiger partial charge in [0, 0.05) is 18.8 Å². The van der Waals surface area contributed by atoms with Crippen LogP contribution < -0.4 is 19.9 Å². The number of rotatable bonds is 5. The van der Waals surface area contributed by atoms with Gasteiger partial charge in [0.1, 0.15) is 5.75 Å². The standard InChI is InChI=1S/C23H25F2N3O4/c1-27-18-10-8-15(26-17-9-7-14(21(29)30)11-20(17)32-2)12-19(18)28(16-5-3-4-6-16)13-23(24,25)22(27)31/h7-12,16,26H,3-6,13H2,1-2H3,(H,29,30). The number of hydrogen-bond acceptors (Lipinski definition) is 5. The van der Waals surface area contributed by atoms with Crippen molar-refractivity contribution in [3.63, 3.8) is 0 Å². The second-order valence-corrected chi connectivity index (χ2v) is 8.18. The summed E-state index contributed by atoms with van der Waals surface area (Å²) in [5, 5.41) is 12.4. The van der Waals surface area contributed by atoms with Crippen LogP contribution in [0.1, 0.15) is 36.0 Å². The van der Waals surface area contributed by atoms with E-state index in [-0.39, 0.29) is 11.6 Å². The van der Waals surface area contributed by atoms with Crippen molar-refractivity contribution in [2.24, 2.45) is 0 Å². The van der Waals surface area contributed by atoms with E-state index in [1.807, 2.05) is 0 Å². The Morgan fingerprint density at radius 1 is 1.16 bits per heavy atom. The molecule has 2 aromatic carbocycles. The van der Waals surface area contributed by atoms with Gasteiger partial charge in [0.2, 0.25) is 0 Å². The number of anilines is 4. The molecule has 1 heterocycles. The van der Waals surface area contributed by atoms with Crippen molar-refractivity contribution in [3.05, 3.63) is 42.0 Å². The van der Waals surface area contributed by atoms with Crippen LogP contribution in [-0.2, 0) is 4.79 Å². The summed E-state index contributed by atoms with van der Waals surface area (Å²) >= 11 is 0. The number of benzene rings is 2. The second kappa shape index (κ2) is 8.29. The van der Waals surface area contributed by atoms with E-state index >= 15 is 0 Å². The van der Waals surface area contributed by atoms with Gasteiger partial charge in [-0.05, 0) is 49.2 Å². The van der Waals surface area contributed by atoms with Crippen LogP contribution in [0.25, 0.3) is 0 Å². The van der Waals surface area contributed by atoms with E-state index in [0.717, 1.165) is 30.6 Å². The first-order valence-electron chi connectivity index (χ1n) is 10.5. The third kappa shape index (κ3) is 3.94. The molecule has 0 aromatic heterocycles. The topological polar surface area (TPSA) is 82.1 Å². The van der Waals surface area contributed by atoms with Gasteiger partial charge < -0.3 is 25.0 Å². The number of carbonyl (C=O) groups excluding carboxylic acids is 1. The fraction of sp³-hybridized carbons (Fsp3) is 0.391. The Bertz CT molecular complexity index is 1050. The third-order valence-electron chi connectivity index (χ3n) is 6.13. The SMILES string of the molecule is COc1cc(C(=O)O)ccc1Nc1ccc2c(c1)N(C1CCCC1)CC(F)(F)C(=O)N2C. The molecular formula is C23H25F2N3O4. The highest BCUT2D eigenvalue weighted by atomic mass is 19.3. The number of nitrogens with zero attached hydrogens (tertiary/aromatic N) is 2. The highest BCUT2D eigenvalue weighted by molar-refractivity contribution is 6.03. The lowest BCUT2D eigenvalue weighted by molar-refractivity contribution is -0.140. The number of nitrogens with one attached hydrogen (secondary N) is 1. The maximum atomic E-state index is 14.7. The number of fused-ring (bicyclic) bond motifs is 1. The number of alkyl halides is 2. The van der Waals surface area contributed by atoms with Crippen LogP contribution in [0.4, 0.5) is 31.5 Å². The van der Waals surface area contributed by atoms with Gasteiger partial charge in [-0.1, -0.05) is 12.8 Å². The number of carbonyl (C=O) groups is 2. The van der Waals surface area contributed by atoms with Gasteiger partial charge in [0.15, 0.2) is 0 Å². The summed E-state index contributed by atoms with van der Waals surface area (Å²) in [7, 11) is 2.81. The Morgan fingerprint density at radius 2 is 1.88 bits per heavy atom. The summed E-state index contributed by atoms with van der Waals surface area (Å²) in [4.78, 5) is 26.3. The summed E-state index contributed by atoms with van der Waals surface area (Å²) < 4.78 is 34.7. The molecule has 0 unspecified atom stereocenters. The molecule has 2 N–H and O–H groups in total. The summed E-state index contributed by atoms with van der Waals surface area (Å²) in [5.74, 6) is -5.43. The first-order chi connectivity index (χ1) is 15.2. The van der Waals surface area contributed by atoms with E-state index < -0.39 is 24.3 Å². The van der Waals surface area contributed by atoms with Crippen molar-refractivity contribution < 1.29 is 28.2 Å². The van der Waals surface area contributed by atoms with Gasteiger partial charge in [-0.3, -0.25) is 4.79 Å². The number of ether oxygens (including phenoxy) is 1. The Kier molecular flexibility index (Phi) is 5.66. The first kappa shape index (κ1) is 21.9. The monoisotopic (exact) mass is 445 g/mol. The Morgan fingerprint density at radius 3 is 2.53 bits per heavy atom. The molecule has 1 aliphatic heterocycles. The highest BCUT2D eigenvalue weighted by Crippen LogP contribution is 2.42. The molecule has 0 bridgehead atoms. The number of methoxy groups -OCH3 is 1. The van der Waals surface area contributed by atoms with Crippen molar-refractivity contribution in [1.29, 1.82) is 0 Å². The zero-order valence-electron chi connectivity index (χ0n) is 17.9. The van der Waals surface area contributed by atoms with Crippen molar-refractivity contribution in [2.45, 2.75) is 37.6 Å². The molecule has 1 amide bonds. The molecule has 0 saturated heterocycles. The van der Waals surface area contributed by atoms with E-state index in [9.17, 15) is 23.5 Å². The third-order valence-corrected chi connectivity index (χ3v) is 6.13. The van der Waals surface area contributed by atoms with Gasteiger partial charge in [-0.2, -0.15) is 8.78 Å². The van der Waals surface area contributed by atoms with Gasteiger partial charge >= 0.3 is 11.9 Å². The van der Waals surface area contributed by atoms with Crippen LogP contribution >= 0.6 is 0 Å². The van der Waals surface area contributed by atoms with Crippen LogP contribution in [0.2, 0.25) is 0 Å². The first-order valence-corrected chi connectivity index (χ1v) is 10.5. The van der Waals surface area contributed by atoms with E-state index in [1.54, 1.807) is 29.2 Å². The van der Waals surface area contributed by atoms with Gasteiger partial charge in [0.25, 0.3) is 5.91 Å². The smallest absolute Gasteiger partial charge is 0.342 e. The average molecular weight is 445 g/mol. The van der Waals surface area contributed by atoms with Crippen LogP contribution in [0, 0.1) is 0 Å². The quantitative estimate of drug-likeness (QED) is 0.705. The maximum Gasteiger partial charge on any atom is 0.342 e. The summed E-state index contributed by atoms with van der Waals surface area (Å²) in [6, 6.07) is 9.50. The van der Waals surface area contributed by atoms with E-state index in [4.69, 9.17) is 4.74 Å². The Balaban J connectivity index is 1.74. The molecule has 1 saturated carbocycles. The Labute approximate surface area is 184 Å². The molecule has 1 aliphatic carbocycles. The number of halogens is 2. The molecular weight excluding hydrogens is 420 g/mol. The van der Waals surface area contributed by atoms with Gasteiger partial charge in [0.05, 0.1) is 36.3 Å². The van der Waals surface area contributed by atoms with Crippen molar-refractivity contribution in [2.75, 3.05) is 35.8 Å². The molecule has 0 spiro atoms. The number of amides is 1. The fourth-order valence-electron chi connectivity index (χ4n) is 4.46. The van der Waals surface area contributed by atoms with Crippen molar-refractivity contribution in [3.8, 4) is 5.75 Å². The van der Waals surface area contributed by atoms with Crippen molar-refractivity contribution >= 4 is 34.6 Å². The van der Waals surface area contributed by atoms with Crippen LogP contribution in [0.3, 0.4) is 0 Å². The molecule has 4 rings (SSSR count). The molecule has 32 heavy (non-hydrogen) atoms. The van der Waals surface area contributed by atoms with Gasteiger partial charge in [-0.25, -0.2) is 4.79 Å². The molecule has 170 valence electrons. The molecule has 2 aromatic rings. The molecule has 9 heteroatoms. The lowest BCUT2D eigenvalue weighted by Crippen LogP contribution is -2.48. The number of carboxylic acid groups (broad SMARTS) is 1. The lowest BCUT2D eigenvalue weighted by atomic mass is 10.1. The van der Waals surface area contributed by atoms with Crippen LogP contribution in [0.15, 0.2) is 36.4 Å². The molecule has 1 fully saturated rings. The predicted molar refractivity (Wildman–Crippen MR) is 118 cm³/mol. The molecule has 2 aliphatic rings. The number of hydrogen-bond donors (Lipinski definition) is 2. The van der Waals surface area contributed by atoms with Crippen LogP contribution in [0.5, 0.6) is 5.75 Å². The lowest BCUT2D eigenvalue weighted by Gasteiger charge is -2.32. The zero-order chi connectivity index (χ0) is 23.0. The zero-order valence-corrected chi connectivity index (χ0v) is 17.9. The second-order valence-electron chi connectivity index (χ2n) is 8.18. The fourth-order valence-corrected chi connectivity index (χ4v) is 4.46. The minimum Gasteiger partial charge on any atom is -0.495 e. The van der Waals surface area contributed by atoms with E-state index in [1.165, 1.54) is 26.3 Å². The molecule has 0 atom stereocenters. The Hall–Kier alpha value is -3.36. The number of carboxylic acids is 1. The number of aromatic carboxylic acids is 1. The van der Waals surface area contributed by atoms with E-state index in [0.29, 0.717) is 28.5 Å². The molecule has 7 nitrogen and oxygen atoms in total. The summed E-state index contributed by atoms with van der Waals surface area (Å²) in [5.41, 5.74) is 2.23. The summed E-state index contributed by atoms with van der Waals surface area (Å²) in [6.45, 7) is -0.659. The summed E-state index contributed by atoms with van der Waals surface area (Å²) in [6.07, 6.45) is 3.54. The van der Waals surface area contributed by atoms with Crippen molar-refractivity contribution in [1.82, 2.24) is 0 Å². The molecule has 0 radical (unpaired) electrons. The van der Waals surface area contributed by atoms with Gasteiger partial charge in [-0.15, -0.1) is 0 Å².